The Morgan fingerprint density at radius 2 is 2.00 bits per heavy atom. The van der Waals surface area contributed by atoms with Crippen LogP contribution in [0.15, 0.2) is 34.3 Å². The highest BCUT2D eigenvalue weighted by Crippen LogP contribution is 2.21. The maximum absolute atomic E-state index is 11.3. The van der Waals surface area contributed by atoms with Gasteiger partial charge in [-0.1, -0.05) is 34.1 Å². The lowest BCUT2D eigenvalue weighted by Crippen LogP contribution is -2.19. The first kappa shape index (κ1) is 10.1. The third-order valence-corrected chi connectivity index (χ3v) is 2.85. The third-order valence-electron chi connectivity index (χ3n) is 2.13. The highest BCUT2D eigenvalue weighted by molar-refractivity contribution is 9.10. The van der Waals surface area contributed by atoms with Gasteiger partial charge in [-0.2, -0.15) is 0 Å². The van der Waals surface area contributed by atoms with Gasteiger partial charge in [-0.15, -0.1) is 0 Å². The predicted molar refractivity (Wildman–Crippen MR) is 59.9 cm³/mol. The summed E-state index contributed by atoms with van der Waals surface area (Å²) in [6.45, 7) is 0. The molecule has 1 aliphatic rings. The normalized spacial score (nSPS) is 18.3. The van der Waals surface area contributed by atoms with Crippen LogP contribution in [0.25, 0.3) is 6.08 Å². The number of benzene rings is 1. The van der Waals surface area contributed by atoms with Crippen molar-refractivity contribution in [2.24, 2.45) is 0 Å². The fourth-order valence-electron chi connectivity index (χ4n) is 1.40. The van der Waals surface area contributed by atoms with Gasteiger partial charge in [0.2, 0.25) is 5.91 Å². The molecule has 1 fully saturated rings. The zero-order valence-electron chi connectivity index (χ0n) is 7.79. The van der Waals surface area contributed by atoms with Gasteiger partial charge >= 0.3 is 0 Å². The fraction of sp³-hybridized carbons (Fsp3) is 0.0909. The van der Waals surface area contributed by atoms with Crippen LogP contribution in [0.4, 0.5) is 0 Å². The number of rotatable bonds is 1. The summed E-state index contributed by atoms with van der Waals surface area (Å²) in [7, 11) is 0. The van der Waals surface area contributed by atoms with Crippen molar-refractivity contribution in [3.8, 4) is 0 Å². The van der Waals surface area contributed by atoms with Gasteiger partial charge in [-0.3, -0.25) is 14.9 Å². The van der Waals surface area contributed by atoms with Gasteiger partial charge < -0.3 is 0 Å². The first-order valence-corrected chi connectivity index (χ1v) is 5.25. The largest absolute Gasteiger partial charge is 0.292 e. The molecule has 2 rings (SSSR count). The van der Waals surface area contributed by atoms with Gasteiger partial charge in [0.1, 0.15) is 0 Å². The Morgan fingerprint density at radius 1 is 1.27 bits per heavy atom. The van der Waals surface area contributed by atoms with E-state index in [0.717, 1.165) is 10.0 Å². The second-order valence-corrected chi connectivity index (χ2v) is 4.10. The van der Waals surface area contributed by atoms with E-state index in [1.807, 2.05) is 24.3 Å². The molecule has 0 radical (unpaired) electrons. The SMILES string of the molecule is O=C1CC(=Cc2ccccc2Br)C(=O)N1. The van der Waals surface area contributed by atoms with Gasteiger partial charge in [-0.05, 0) is 17.7 Å². The molecule has 15 heavy (non-hydrogen) atoms. The molecule has 1 heterocycles. The number of nitrogens with one attached hydrogen (secondary N) is 1. The van der Waals surface area contributed by atoms with E-state index in [1.54, 1.807) is 6.08 Å². The summed E-state index contributed by atoms with van der Waals surface area (Å²) in [5.41, 5.74) is 1.41. The first-order chi connectivity index (χ1) is 7.16. The highest BCUT2D eigenvalue weighted by Gasteiger charge is 2.23. The van der Waals surface area contributed by atoms with Crippen LogP contribution in [-0.2, 0) is 9.59 Å². The average Bonchev–Trinajstić information content (AvgIpc) is 2.49. The van der Waals surface area contributed by atoms with E-state index in [4.69, 9.17) is 0 Å². The molecule has 4 heteroatoms. The van der Waals surface area contributed by atoms with E-state index in [2.05, 4.69) is 21.2 Å². The fourth-order valence-corrected chi connectivity index (χ4v) is 1.80. The maximum atomic E-state index is 11.3. The molecule has 0 aliphatic carbocycles. The number of halogens is 1. The van der Waals surface area contributed by atoms with Crippen LogP contribution in [0.3, 0.4) is 0 Å². The average molecular weight is 266 g/mol. The Hall–Kier alpha value is -1.42. The molecule has 1 aliphatic heterocycles. The van der Waals surface area contributed by atoms with Crippen molar-refractivity contribution in [1.29, 1.82) is 0 Å². The summed E-state index contributed by atoms with van der Waals surface area (Å²) in [6, 6.07) is 7.55. The van der Waals surface area contributed by atoms with Crippen molar-refractivity contribution in [2.75, 3.05) is 0 Å². The molecule has 0 bridgehead atoms. The zero-order chi connectivity index (χ0) is 10.8. The minimum absolute atomic E-state index is 0.167. The maximum Gasteiger partial charge on any atom is 0.254 e. The second-order valence-electron chi connectivity index (χ2n) is 3.25. The number of amides is 2. The van der Waals surface area contributed by atoms with Gasteiger partial charge in [0, 0.05) is 10.0 Å². The molecule has 0 aromatic heterocycles. The van der Waals surface area contributed by atoms with Crippen LogP contribution in [0.2, 0.25) is 0 Å². The molecule has 1 N–H and O–H groups in total. The Labute approximate surface area is 95.3 Å². The summed E-state index contributed by atoms with van der Waals surface area (Å²) in [6.07, 6.45) is 1.89. The summed E-state index contributed by atoms with van der Waals surface area (Å²) in [4.78, 5) is 22.2. The molecule has 0 unspecified atom stereocenters. The molecule has 0 atom stereocenters. The molecule has 0 spiro atoms. The molecule has 0 saturated carbocycles. The van der Waals surface area contributed by atoms with Crippen LogP contribution in [-0.4, -0.2) is 11.8 Å². The molecule has 1 aromatic carbocycles. The van der Waals surface area contributed by atoms with Gasteiger partial charge in [0.15, 0.2) is 0 Å². The topological polar surface area (TPSA) is 46.2 Å². The van der Waals surface area contributed by atoms with Crippen LogP contribution in [0.1, 0.15) is 12.0 Å². The van der Waals surface area contributed by atoms with Crippen LogP contribution in [0, 0.1) is 0 Å². The minimum Gasteiger partial charge on any atom is -0.292 e. The molecule has 1 saturated heterocycles. The standard InChI is InChI=1S/C11H8BrNO2/c12-9-4-2-1-3-7(9)5-8-6-10(14)13-11(8)15/h1-5H,6H2,(H,13,14,15). The van der Waals surface area contributed by atoms with Crippen molar-refractivity contribution in [3.63, 3.8) is 0 Å². The van der Waals surface area contributed by atoms with Crippen LogP contribution >= 0.6 is 15.9 Å². The quantitative estimate of drug-likeness (QED) is 0.623. The summed E-state index contributed by atoms with van der Waals surface area (Å²) in [5, 5.41) is 2.25. The summed E-state index contributed by atoms with van der Waals surface area (Å²) in [5.74, 6) is -0.533. The highest BCUT2D eigenvalue weighted by atomic mass is 79.9. The Bertz CT molecular complexity index is 465. The summed E-state index contributed by atoms with van der Waals surface area (Å²) < 4.78 is 0.907. The second kappa shape index (κ2) is 3.98. The number of carbonyl (C=O) groups excluding carboxylic acids is 2. The van der Waals surface area contributed by atoms with Crippen LogP contribution in [0.5, 0.6) is 0 Å². The number of hydrogen-bond acceptors (Lipinski definition) is 2. The van der Waals surface area contributed by atoms with E-state index in [0.29, 0.717) is 5.57 Å². The smallest absolute Gasteiger partial charge is 0.254 e. The number of carbonyl (C=O) groups is 2. The predicted octanol–water partition coefficient (Wildman–Crippen LogP) is 1.88. The van der Waals surface area contributed by atoms with Crippen molar-refractivity contribution < 1.29 is 9.59 Å². The van der Waals surface area contributed by atoms with Gasteiger partial charge in [-0.25, -0.2) is 0 Å². The third kappa shape index (κ3) is 2.15. The van der Waals surface area contributed by atoms with Crippen molar-refractivity contribution >= 4 is 33.8 Å². The van der Waals surface area contributed by atoms with E-state index in [1.165, 1.54) is 0 Å². The molecular weight excluding hydrogens is 258 g/mol. The minimum atomic E-state index is -0.296. The van der Waals surface area contributed by atoms with Crippen molar-refractivity contribution in [1.82, 2.24) is 5.32 Å². The number of hydrogen-bond donors (Lipinski definition) is 1. The molecule has 3 nitrogen and oxygen atoms in total. The van der Waals surface area contributed by atoms with Gasteiger partial charge in [0.05, 0.1) is 6.42 Å². The monoisotopic (exact) mass is 265 g/mol. The zero-order valence-corrected chi connectivity index (χ0v) is 9.37. The van der Waals surface area contributed by atoms with E-state index in [9.17, 15) is 9.59 Å². The van der Waals surface area contributed by atoms with Crippen LogP contribution < -0.4 is 5.32 Å². The van der Waals surface area contributed by atoms with E-state index in [-0.39, 0.29) is 18.2 Å². The lowest BCUT2D eigenvalue weighted by Gasteiger charge is -1.98. The molecular formula is C11H8BrNO2. The van der Waals surface area contributed by atoms with E-state index >= 15 is 0 Å². The Balaban J connectivity index is 2.35. The lowest BCUT2D eigenvalue weighted by molar-refractivity contribution is -0.124. The molecule has 2 amide bonds. The Kier molecular flexibility index (Phi) is 2.68. The summed E-state index contributed by atoms with van der Waals surface area (Å²) >= 11 is 3.38. The number of imide groups is 1. The van der Waals surface area contributed by atoms with Gasteiger partial charge in [0.25, 0.3) is 5.91 Å². The Morgan fingerprint density at radius 3 is 2.60 bits per heavy atom. The van der Waals surface area contributed by atoms with Crippen molar-refractivity contribution in [2.45, 2.75) is 6.42 Å². The first-order valence-electron chi connectivity index (χ1n) is 4.46. The molecule has 76 valence electrons. The van der Waals surface area contributed by atoms with Crippen molar-refractivity contribution in [3.05, 3.63) is 39.9 Å². The molecule has 1 aromatic rings. The van der Waals surface area contributed by atoms with E-state index < -0.39 is 0 Å². The lowest BCUT2D eigenvalue weighted by atomic mass is 10.1.